The minimum atomic E-state index is 0.991. The maximum Gasteiger partial charge on any atom is 0.0625 e. The van der Waals surface area contributed by atoms with Crippen LogP contribution >= 0.6 is 0 Å². The number of hydrogen-bond acceptors (Lipinski definition) is 2. The van der Waals surface area contributed by atoms with E-state index in [1.807, 2.05) is 0 Å². The maximum absolute atomic E-state index is 4.48. The molecule has 3 heteroatoms. The fourth-order valence-corrected chi connectivity index (χ4v) is 1.45. The molecule has 0 atom stereocenters. The zero-order chi connectivity index (χ0) is 10.6. The van der Waals surface area contributed by atoms with Crippen LogP contribution in [0.15, 0.2) is 6.20 Å². The minimum absolute atomic E-state index is 0.991. The van der Waals surface area contributed by atoms with Crippen LogP contribution in [0.1, 0.15) is 25.1 Å². The average Bonchev–Trinajstić information content (AvgIpc) is 2.55. The van der Waals surface area contributed by atoms with Crippen LogP contribution in [0.5, 0.6) is 0 Å². The van der Waals surface area contributed by atoms with Crippen LogP contribution in [0.25, 0.3) is 0 Å². The molecule has 14 heavy (non-hydrogen) atoms. The van der Waals surface area contributed by atoms with Crippen LogP contribution in [0, 0.1) is 6.92 Å². The Balaban J connectivity index is 2.51. The highest BCUT2D eigenvalue weighted by molar-refractivity contribution is 5.14. The molecule has 0 aliphatic carbocycles. The Bertz CT molecular complexity index is 278. The van der Waals surface area contributed by atoms with Crippen LogP contribution in [0.3, 0.4) is 0 Å². The zero-order valence-electron chi connectivity index (χ0n) is 9.75. The monoisotopic (exact) mass is 195 g/mol. The van der Waals surface area contributed by atoms with E-state index in [-0.39, 0.29) is 0 Å². The summed E-state index contributed by atoms with van der Waals surface area (Å²) in [6.07, 6.45) is 3.24. The summed E-state index contributed by atoms with van der Waals surface area (Å²) in [7, 11) is 2.14. The molecule has 0 saturated heterocycles. The van der Waals surface area contributed by atoms with E-state index in [4.69, 9.17) is 0 Å². The first-order chi connectivity index (χ1) is 6.67. The lowest BCUT2D eigenvalue weighted by molar-refractivity contribution is 0.327. The highest BCUT2D eigenvalue weighted by Crippen LogP contribution is 2.05. The van der Waals surface area contributed by atoms with Crippen LogP contribution in [0.2, 0.25) is 0 Å². The Kier molecular flexibility index (Phi) is 4.14. The predicted octanol–water partition coefficient (Wildman–Crippen LogP) is 1.71. The molecule has 0 N–H and O–H groups in total. The van der Waals surface area contributed by atoms with Gasteiger partial charge in [0.05, 0.1) is 12.2 Å². The second-order valence-corrected chi connectivity index (χ2v) is 3.75. The summed E-state index contributed by atoms with van der Waals surface area (Å²) < 4.78 is 2.06. The van der Waals surface area contributed by atoms with Crippen molar-refractivity contribution in [2.24, 2.45) is 0 Å². The molecule has 3 nitrogen and oxygen atoms in total. The molecule has 1 aromatic heterocycles. The quantitative estimate of drug-likeness (QED) is 0.713. The average molecular weight is 195 g/mol. The lowest BCUT2D eigenvalue weighted by atomic mass is 10.2. The summed E-state index contributed by atoms with van der Waals surface area (Å²) in [5, 5.41) is 4.48. The van der Waals surface area contributed by atoms with Gasteiger partial charge in [0, 0.05) is 12.7 Å². The second kappa shape index (κ2) is 5.15. The van der Waals surface area contributed by atoms with Gasteiger partial charge in [-0.3, -0.25) is 4.68 Å². The maximum atomic E-state index is 4.48. The number of hydrogen-bond donors (Lipinski definition) is 0. The van der Waals surface area contributed by atoms with Gasteiger partial charge in [-0.25, -0.2) is 0 Å². The molecule has 0 bridgehead atoms. The minimum Gasteiger partial charge on any atom is -0.305 e. The number of likely N-dealkylation sites (N-methyl/N-ethyl adjacent to an activating group) is 1. The van der Waals surface area contributed by atoms with E-state index in [0.29, 0.717) is 0 Å². The molecule has 0 aliphatic heterocycles. The highest BCUT2D eigenvalue weighted by atomic mass is 15.3. The van der Waals surface area contributed by atoms with Crippen molar-refractivity contribution < 1.29 is 0 Å². The van der Waals surface area contributed by atoms with Crippen molar-refractivity contribution in [2.75, 3.05) is 20.1 Å². The highest BCUT2D eigenvalue weighted by Gasteiger charge is 2.02. The van der Waals surface area contributed by atoms with Gasteiger partial charge >= 0.3 is 0 Å². The molecule has 0 unspecified atom stereocenters. The van der Waals surface area contributed by atoms with Crippen molar-refractivity contribution in [1.29, 1.82) is 0 Å². The molecule has 0 aromatic carbocycles. The summed E-state index contributed by atoms with van der Waals surface area (Å²) in [5.74, 6) is 0. The van der Waals surface area contributed by atoms with E-state index in [0.717, 1.165) is 26.1 Å². The van der Waals surface area contributed by atoms with Crippen molar-refractivity contribution in [2.45, 2.75) is 33.7 Å². The Labute approximate surface area is 86.7 Å². The number of aryl methyl sites for hydroxylation is 2. The summed E-state index contributed by atoms with van der Waals surface area (Å²) in [5.41, 5.74) is 2.54. The van der Waals surface area contributed by atoms with Crippen molar-refractivity contribution >= 4 is 0 Å². The van der Waals surface area contributed by atoms with Crippen molar-refractivity contribution in [1.82, 2.24) is 14.7 Å². The zero-order valence-corrected chi connectivity index (χ0v) is 9.75. The standard InChI is InChI=1S/C11H21N3/c1-5-11-9-14(12-10(11)3)8-7-13(4)6-2/h9H,5-8H2,1-4H3. The third-order valence-electron chi connectivity index (χ3n) is 2.68. The van der Waals surface area contributed by atoms with Gasteiger partial charge in [-0.15, -0.1) is 0 Å². The molecule has 0 amide bonds. The summed E-state index contributed by atoms with van der Waals surface area (Å²) in [6, 6.07) is 0. The van der Waals surface area contributed by atoms with Gasteiger partial charge in [0.2, 0.25) is 0 Å². The van der Waals surface area contributed by atoms with Gasteiger partial charge in [0.25, 0.3) is 0 Å². The van der Waals surface area contributed by atoms with E-state index >= 15 is 0 Å². The van der Waals surface area contributed by atoms with Gasteiger partial charge in [-0.2, -0.15) is 5.10 Å². The van der Waals surface area contributed by atoms with E-state index in [2.05, 4.69) is 48.7 Å². The Morgan fingerprint density at radius 2 is 2.14 bits per heavy atom. The van der Waals surface area contributed by atoms with Crippen molar-refractivity contribution in [3.05, 3.63) is 17.5 Å². The van der Waals surface area contributed by atoms with Crippen molar-refractivity contribution in [3.8, 4) is 0 Å². The molecule has 0 radical (unpaired) electrons. The van der Waals surface area contributed by atoms with Gasteiger partial charge in [0.1, 0.15) is 0 Å². The lowest BCUT2D eigenvalue weighted by Crippen LogP contribution is -2.22. The number of rotatable bonds is 5. The van der Waals surface area contributed by atoms with Gasteiger partial charge in [0.15, 0.2) is 0 Å². The molecule has 0 spiro atoms. The third-order valence-corrected chi connectivity index (χ3v) is 2.68. The number of nitrogens with zero attached hydrogens (tertiary/aromatic N) is 3. The smallest absolute Gasteiger partial charge is 0.0625 e. The van der Waals surface area contributed by atoms with Gasteiger partial charge in [-0.1, -0.05) is 13.8 Å². The molecule has 0 fully saturated rings. The molecule has 1 rings (SSSR count). The molecular formula is C11H21N3. The van der Waals surface area contributed by atoms with Gasteiger partial charge in [-0.05, 0) is 32.5 Å². The fourth-order valence-electron chi connectivity index (χ4n) is 1.45. The van der Waals surface area contributed by atoms with Crippen LogP contribution < -0.4 is 0 Å². The molecular weight excluding hydrogens is 174 g/mol. The predicted molar refractivity (Wildman–Crippen MR) is 59.5 cm³/mol. The van der Waals surface area contributed by atoms with Crippen LogP contribution in [0.4, 0.5) is 0 Å². The van der Waals surface area contributed by atoms with Crippen molar-refractivity contribution in [3.63, 3.8) is 0 Å². The molecule has 1 aromatic rings. The van der Waals surface area contributed by atoms with E-state index in [1.54, 1.807) is 0 Å². The summed E-state index contributed by atoms with van der Waals surface area (Å²) >= 11 is 0. The topological polar surface area (TPSA) is 21.1 Å². The summed E-state index contributed by atoms with van der Waals surface area (Å²) in [4.78, 5) is 2.29. The Hall–Kier alpha value is -0.830. The normalized spacial score (nSPS) is 11.2. The fraction of sp³-hybridized carbons (Fsp3) is 0.727. The summed E-state index contributed by atoms with van der Waals surface area (Å²) in [6.45, 7) is 9.59. The van der Waals surface area contributed by atoms with Crippen LogP contribution in [-0.2, 0) is 13.0 Å². The largest absolute Gasteiger partial charge is 0.305 e. The first-order valence-electron chi connectivity index (χ1n) is 5.38. The Morgan fingerprint density at radius 3 is 2.64 bits per heavy atom. The number of aromatic nitrogens is 2. The SMILES string of the molecule is CCc1cn(CCN(C)CC)nc1C. The Morgan fingerprint density at radius 1 is 1.43 bits per heavy atom. The first kappa shape index (κ1) is 11.2. The molecule has 0 aliphatic rings. The molecule has 0 saturated carbocycles. The first-order valence-corrected chi connectivity index (χ1v) is 5.38. The van der Waals surface area contributed by atoms with Crippen LogP contribution in [-0.4, -0.2) is 34.8 Å². The second-order valence-electron chi connectivity index (χ2n) is 3.75. The van der Waals surface area contributed by atoms with Gasteiger partial charge < -0.3 is 4.90 Å². The van der Waals surface area contributed by atoms with E-state index < -0.39 is 0 Å². The lowest BCUT2D eigenvalue weighted by Gasteiger charge is -2.12. The van der Waals surface area contributed by atoms with E-state index in [1.165, 1.54) is 11.3 Å². The molecule has 1 heterocycles. The van der Waals surface area contributed by atoms with E-state index in [9.17, 15) is 0 Å². The third kappa shape index (κ3) is 2.84. The molecule has 80 valence electrons.